The Morgan fingerprint density at radius 3 is 1.46 bits per heavy atom. The molecule has 0 radical (unpaired) electrons. The highest BCUT2D eigenvalue weighted by molar-refractivity contribution is 6.12. The zero-order valence-electron chi connectivity index (χ0n) is 32.9. The van der Waals surface area contributed by atoms with E-state index in [4.69, 9.17) is 19.4 Å². The maximum Gasteiger partial charge on any atom is 0.164 e. The van der Waals surface area contributed by atoms with Crippen molar-refractivity contribution in [3.05, 3.63) is 175 Å². The van der Waals surface area contributed by atoms with Gasteiger partial charge < -0.3 is 4.42 Å². The Morgan fingerprint density at radius 1 is 0.390 bits per heavy atom. The second-order valence-corrected chi connectivity index (χ2v) is 17.5. The average Bonchev–Trinajstić information content (AvgIpc) is 3.67. The average molecular weight is 762 g/mol. The lowest BCUT2D eigenvalue weighted by atomic mass is 9.48. The van der Waals surface area contributed by atoms with Crippen molar-refractivity contribution >= 4 is 21.9 Å². The molecule has 2 heterocycles. The highest BCUT2D eigenvalue weighted by Gasteiger charge is 2.51. The quantitative estimate of drug-likeness (QED) is 0.162. The summed E-state index contributed by atoms with van der Waals surface area (Å²) < 4.78 is 6.65. The minimum Gasteiger partial charge on any atom is -0.456 e. The zero-order valence-corrected chi connectivity index (χ0v) is 32.9. The summed E-state index contributed by atoms with van der Waals surface area (Å²) in [6.45, 7) is 0. The topological polar surface area (TPSA) is 51.8 Å². The van der Waals surface area contributed by atoms with Gasteiger partial charge in [-0.25, -0.2) is 15.0 Å². The summed E-state index contributed by atoms with van der Waals surface area (Å²) in [5.74, 6) is 4.67. The van der Waals surface area contributed by atoms with Crippen LogP contribution in [0.1, 0.15) is 44.1 Å². The van der Waals surface area contributed by atoms with E-state index in [1.807, 2.05) is 18.2 Å². The summed E-state index contributed by atoms with van der Waals surface area (Å²) in [7, 11) is 0. The van der Waals surface area contributed by atoms with Gasteiger partial charge in [0.25, 0.3) is 0 Å². The molecule has 4 aliphatic carbocycles. The van der Waals surface area contributed by atoms with Crippen LogP contribution >= 0.6 is 0 Å². The van der Waals surface area contributed by atoms with Gasteiger partial charge in [-0.2, -0.15) is 0 Å². The van der Waals surface area contributed by atoms with E-state index in [0.29, 0.717) is 22.9 Å². The molecular formula is C55H43N3O. The van der Waals surface area contributed by atoms with Gasteiger partial charge in [0.2, 0.25) is 0 Å². The van der Waals surface area contributed by atoms with Crippen molar-refractivity contribution in [3.63, 3.8) is 0 Å². The van der Waals surface area contributed by atoms with Crippen LogP contribution in [0, 0.1) is 17.8 Å². The summed E-state index contributed by atoms with van der Waals surface area (Å²) in [5, 5.41) is 2.05. The summed E-state index contributed by atoms with van der Waals surface area (Å²) >= 11 is 0. The Balaban J connectivity index is 0.954. The van der Waals surface area contributed by atoms with Gasteiger partial charge in [-0.15, -0.1) is 0 Å². The fourth-order valence-electron chi connectivity index (χ4n) is 11.4. The van der Waals surface area contributed by atoms with Crippen molar-refractivity contribution in [3.8, 4) is 67.5 Å². The Kier molecular flexibility index (Phi) is 8.01. The second kappa shape index (κ2) is 13.7. The zero-order chi connectivity index (χ0) is 38.9. The third-order valence-electron chi connectivity index (χ3n) is 13.7. The van der Waals surface area contributed by atoms with E-state index in [9.17, 15) is 0 Å². The lowest BCUT2D eigenvalue weighted by Crippen LogP contribution is -2.48. The number of hydrogen-bond donors (Lipinski definition) is 0. The molecule has 7 aromatic carbocycles. The van der Waals surface area contributed by atoms with E-state index in [-0.39, 0.29) is 0 Å². The molecule has 4 heteroatoms. The number of benzene rings is 7. The SMILES string of the molecule is c1ccc(-c2cccc(-c3nc(-c4cccc(-c5ccccc5)c4)nc(-c4cccc5oc6cc(-c7ccc(C89CC%10CC(CC(C%10)C8)C9)cc7)ccc6c45)n3)c2)cc1. The first kappa shape index (κ1) is 34.4. The predicted octanol–water partition coefficient (Wildman–Crippen LogP) is 14.2. The van der Waals surface area contributed by atoms with Crippen molar-refractivity contribution < 1.29 is 4.42 Å². The van der Waals surface area contributed by atoms with E-state index < -0.39 is 0 Å². The van der Waals surface area contributed by atoms with Gasteiger partial charge in [-0.3, -0.25) is 0 Å². The van der Waals surface area contributed by atoms with Crippen LogP contribution in [-0.4, -0.2) is 15.0 Å². The molecule has 9 aromatic rings. The van der Waals surface area contributed by atoms with Gasteiger partial charge >= 0.3 is 0 Å². The Bertz CT molecular complexity index is 2880. The van der Waals surface area contributed by atoms with Gasteiger partial charge in [0, 0.05) is 27.5 Å². The van der Waals surface area contributed by atoms with Gasteiger partial charge in [-0.1, -0.05) is 140 Å². The minimum absolute atomic E-state index is 0.399. The number of furan rings is 1. The molecule has 0 amide bonds. The summed E-state index contributed by atoms with van der Waals surface area (Å²) in [5.41, 5.74) is 13.3. The van der Waals surface area contributed by atoms with Gasteiger partial charge in [0.15, 0.2) is 17.5 Å². The number of fused-ring (bicyclic) bond motifs is 3. The van der Waals surface area contributed by atoms with Gasteiger partial charge in [-0.05, 0) is 131 Å². The van der Waals surface area contributed by atoms with Crippen LogP contribution < -0.4 is 0 Å². The van der Waals surface area contributed by atoms with Gasteiger partial charge in [0.1, 0.15) is 11.2 Å². The highest BCUT2D eigenvalue weighted by Crippen LogP contribution is 2.60. The molecule has 0 unspecified atom stereocenters. The Morgan fingerprint density at radius 2 is 0.864 bits per heavy atom. The van der Waals surface area contributed by atoms with E-state index in [0.717, 1.165) is 84.2 Å². The van der Waals surface area contributed by atoms with Crippen LogP contribution in [0.3, 0.4) is 0 Å². The normalized spacial score (nSPS) is 20.7. The molecule has 4 fully saturated rings. The molecule has 4 aliphatic rings. The van der Waals surface area contributed by atoms with Crippen molar-refractivity contribution in [2.24, 2.45) is 17.8 Å². The molecule has 2 aromatic heterocycles. The first-order valence-electron chi connectivity index (χ1n) is 21.3. The molecule has 4 bridgehead atoms. The molecule has 0 aliphatic heterocycles. The first-order chi connectivity index (χ1) is 29.1. The number of hydrogen-bond acceptors (Lipinski definition) is 4. The molecule has 13 rings (SSSR count). The molecule has 0 atom stereocenters. The third kappa shape index (κ3) is 6.09. The van der Waals surface area contributed by atoms with Crippen molar-refractivity contribution in [2.75, 3.05) is 0 Å². The molecular weight excluding hydrogens is 719 g/mol. The number of nitrogens with zero attached hydrogens (tertiary/aromatic N) is 3. The van der Waals surface area contributed by atoms with Crippen LogP contribution in [0.4, 0.5) is 0 Å². The van der Waals surface area contributed by atoms with Gasteiger partial charge in [0.05, 0.1) is 0 Å². The van der Waals surface area contributed by atoms with E-state index >= 15 is 0 Å². The van der Waals surface area contributed by atoms with Crippen LogP contribution in [0.5, 0.6) is 0 Å². The second-order valence-electron chi connectivity index (χ2n) is 17.5. The monoisotopic (exact) mass is 761 g/mol. The van der Waals surface area contributed by atoms with Crippen molar-refractivity contribution in [2.45, 2.75) is 43.9 Å². The molecule has 284 valence electrons. The van der Waals surface area contributed by atoms with Crippen LogP contribution in [0.25, 0.3) is 89.5 Å². The Hall–Kier alpha value is -6.65. The molecule has 0 saturated heterocycles. The van der Waals surface area contributed by atoms with Crippen molar-refractivity contribution in [1.29, 1.82) is 0 Å². The van der Waals surface area contributed by atoms with Crippen LogP contribution in [0.15, 0.2) is 174 Å². The number of rotatable bonds is 7. The molecule has 0 spiro atoms. The van der Waals surface area contributed by atoms with Crippen LogP contribution in [-0.2, 0) is 5.41 Å². The smallest absolute Gasteiger partial charge is 0.164 e. The predicted molar refractivity (Wildman–Crippen MR) is 240 cm³/mol. The summed E-state index contributed by atoms with van der Waals surface area (Å²) in [6.07, 6.45) is 8.56. The highest BCUT2D eigenvalue weighted by atomic mass is 16.3. The lowest BCUT2D eigenvalue weighted by molar-refractivity contribution is -0.00518. The fourth-order valence-corrected chi connectivity index (χ4v) is 11.4. The van der Waals surface area contributed by atoms with Crippen molar-refractivity contribution in [1.82, 2.24) is 15.0 Å². The summed E-state index contributed by atoms with van der Waals surface area (Å²) in [6, 6.07) is 60.2. The minimum atomic E-state index is 0.399. The molecule has 4 saturated carbocycles. The molecule has 59 heavy (non-hydrogen) atoms. The third-order valence-corrected chi connectivity index (χ3v) is 13.7. The maximum atomic E-state index is 6.65. The van der Waals surface area contributed by atoms with E-state index in [2.05, 4.69) is 152 Å². The Labute approximate surface area is 344 Å². The summed E-state index contributed by atoms with van der Waals surface area (Å²) in [4.78, 5) is 15.6. The maximum absolute atomic E-state index is 6.65. The molecule has 4 nitrogen and oxygen atoms in total. The van der Waals surface area contributed by atoms with E-state index in [1.54, 1.807) is 5.56 Å². The number of aromatic nitrogens is 3. The molecule has 0 N–H and O–H groups in total. The largest absolute Gasteiger partial charge is 0.456 e. The first-order valence-corrected chi connectivity index (χ1v) is 21.3. The van der Waals surface area contributed by atoms with Crippen LogP contribution in [0.2, 0.25) is 0 Å². The standard InChI is InChI=1S/C55H43N3O/c1-3-10-38(11-4-1)41-14-7-16-44(29-41)52-56-53(45-17-8-15-42(30-45)39-12-5-2-6-13-39)58-54(57-52)48-18-9-19-49-51(48)47-25-22-43(31-50(47)59-49)40-20-23-46(24-21-40)55-32-35-26-36(33-55)28-37(27-35)34-55/h1-25,29-31,35-37H,26-28,32-34H2. The van der Waals surface area contributed by atoms with E-state index in [1.165, 1.54) is 44.1 Å². The fraction of sp³-hybridized carbons (Fsp3) is 0.182. The lowest BCUT2D eigenvalue weighted by Gasteiger charge is -2.57.